The Kier molecular flexibility index (Phi) is 2.83. The van der Waals surface area contributed by atoms with E-state index >= 15 is 0 Å². The summed E-state index contributed by atoms with van der Waals surface area (Å²) in [5.41, 5.74) is 6.24. The second kappa shape index (κ2) is 3.82. The maximum Gasteiger partial charge on any atom is 0.242 e. The highest BCUT2D eigenvalue weighted by molar-refractivity contribution is 7.10. The lowest BCUT2D eigenvalue weighted by atomic mass is 10.0. The lowest BCUT2D eigenvalue weighted by Crippen LogP contribution is -2.37. The van der Waals surface area contributed by atoms with Gasteiger partial charge in [0.1, 0.15) is 6.04 Å². The van der Waals surface area contributed by atoms with Crippen molar-refractivity contribution < 1.29 is 4.79 Å². The van der Waals surface area contributed by atoms with Crippen molar-refractivity contribution in [3.05, 3.63) is 22.4 Å². The average Bonchev–Trinajstić information content (AvgIpc) is 2.71. The predicted octanol–water partition coefficient (Wildman–Crippen LogP) is 2.30. The smallest absolute Gasteiger partial charge is 0.242 e. The summed E-state index contributed by atoms with van der Waals surface area (Å²) >= 11 is 1.52. The number of carbonyl (C=O) groups is 1. The van der Waals surface area contributed by atoms with E-state index in [0.29, 0.717) is 0 Å². The normalized spacial score (nSPS) is 23.1. The van der Waals surface area contributed by atoms with Crippen molar-refractivity contribution in [1.82, 2.24) is 5.32 Å². The van der Waals surface area contributed by atoms with Crippen molar-refractivity contribution in [3.8, 4) is 0 Å². The molecule has 94 valence electrons. The van der Waals surface area contributed by atoms with Gasteiger partial charge in [0.05, 0.1) is 0 Å². The highest BCUT2D eigenvalue weighted by atomic mass is 32.1. The van der Waals surface area contributed by atoms with Crippen LogP contribution in [0.3, 0.4) is 0 Å². The number of thiophene rings is 1. The van der Waals surface area contributed by atoms with Gasteiger partial charge in [-0.25, -0.2) is 0 Å². The van der Waals surface area contributed by atoms with E-state index in [9.17, 15) is 4.79 Å². The third-order valence-electron chi connectivity index (χ3n) is 4.44. The summed E-state index contributed by atoms with van der Waals surface area (Å²) in [4.78, 5) is 13.0. The van der Waals surface area contributed by atoms with Gasteiger partial charge in [0.15, 0.2) is 0 Å². The summed E-state index contributed by atoms with van der Waals surface area (Å²) in [6, 6.07) is 3.49. The summed E-state index contributed by atoms with van der Waals surface area (Å²) in [7, 11) is 0. The van der Waals surface area contributed by atoms with Crippen LogP contribution in [-0.2, 0) is 4.79 Å². The number of hydrogen-bond donors (Lipinski definition) is 2. The molecule has 1 heterocycles. The molecule has 4 heteroatoms. The van der Waals surface area contributed by atoms with Crippen LogP contribution in [0.15, 0.2) is 17.5 Å². The molecule has 1 unspecified atom stereocenters. The average molecular weight is 252 g/mol. The van der Waals surface area contributed by atoms with Crippen molar-refractivity contribution >= 4 is 17.2 Å². The summed E-state index contributed by atoms with van der Waals surface area (Å²) in [6.07, 6.45) is 0. The van der Waals surface area contributed by atoms with Gasteiger partial charge in [-0.15, -0.1) is 11.3 Å². The summed E-state index contributed by atoms with van der Waals surface area (Å²) in [5, 5.41) is 5.00. The summed E-state index contributed by atoms with van der Waals surface area (Å²) in [6.45, 7) is 8.70. The molecule has 3 N–H and O–H groups in total. The molecule has 1 aromatic heterocycles. The van der Waals surface area contributed by atoms with Crippen molar-refractivity contribution in [3.63, 3.8) is 0 Å². The van der Waals surface area contributed by atoms with Crippen molar-refractivity contribution in [1.29, 1.82) is 0 Å². The van der Waals surface area contributed by atoms with Crippen molar-refractivity contribution in [2.75, 3.05) is 0 Å². The molecule has 1 saturated carbocycles. The lowest BCUT2D eigenvalue weighted by Gasteiger charge is -2.12. The van der Waals surface area contributed by atoms with E-state index in [1.807, 2.05) is 17.5 Å². The molecule has 1 aliphatic rings. The molecule has 3 nitrogen and oxygen atoms in total. The van der Waals surface area contributed by atoms with Crippen LogP contribution in [0.2, 0.25) is 0 Å². The van der Waals surface area contributed by atoms with Gasteiger partial charge in [0, 0.05) is 10.9 Å². The zero-order valence-corrected chi connectivity index (χ0v) is 11.6. The quantitative estimate of drug-likeness (QED) is 0.867. The van der Waals surface area contributed by atoms with Crippen LogP contribution in [0.1, 0.15) is 38.6 Å². The number of carbonyl (C=O) groups excluding carboxylic acids is 1. The Morgan fingerprint density at radius 3 is 2.41 bits per heavy atom. The van der Waals surface area contributed by atoms with Crippen LogP contribution in [-0.4, -0.2) is 11.9 Å². The molecular weight excluding hydrogens is 232 g/mol. The Balaban J connectivity index is 2.00. The molecule has 1 fully saturated rings. The molecular formula is C13H20N2OS. The van der Waals surface area contributed by atoms with Gasteiger partial charge in [-0.2, -0.15) is 0 Å². The highest BCUT2D eigenvalue weighted by Gasteiger charge is 2.65. The third-order valence-corrected chi connectivity index (χ3v) is 5.39. The van der Waals surface area contributed by atoms with Crippen molar-refractivity contribution in [2.24, 2.45) is 16.6 Å². The molecule has 0 radical (unpaired) electrons. The number of rotatable bonds is 3. The fourth-order valence-electron chi connectivity index (χ4n) is 2.39. The summed E-state index contributed by atoms with van der Waals surface area (Å²) < 4.78 is 0. The van der Waals surface area contributed by atoms with Gasteiger partial charge in [-0.05, 0) is 22.3 Å². The minimum Gasteiger partial charge on any atom is -0.351 e. The Labute approximate surface area is 106 Å². The molecule has 17 heavy (non-hydrogen) atoms. The van der Waals surface area contributed by atoms with E-state index in [-0.39, 0.29) is 22.8 Å². The predicted molar refractivity (Wildman–Crippen MR) is 70.7 cm³/mol. The first kappa shape index (κ1) is 12.6. The SMILES string of the molecule is CC1(C)C(NC(=O)C(N)c2cccs2)C1(C)C. The Hall–Kier alpha value is -0.870. The Morgan fingerprint density at radius 2 is 2.00 bits per heavy atom. The number of nitrogens with two attached hydrogens (primary N) is 1. The molecule has 0 aliphatic heterocycles. The van der Waals surface area contributed by atoms with Crippen LogP contribution >= 0.6 is 11.3 Å². The first-order valence-electron chi connectivity index (χ1n) is 5.88. The second-order valence-electron chi connectivity index (χ2n) is 5.88. The van der Waals surface area contributed by atoms with Crippen LogP contribution in [0.5, 0.6) is 0 Å². The van der Waals surface area contributed by atoms with E-state index in [4.69, 9.17) is 5.73 Å². The molecule has 1 atom stereocenters. The van der Waals surface area contributed by atoms with Crippen LogP contribution < -0.4 is 11.1 Å². The topological polar surface area (TPSA) is 55.1 Å². The second-order valence-corrected chi connectivity index (χ2v) is 6.86. The molecule has 1 aliphatic carbocycles. The molecule has 1 aromatic rings. The van der Waals surface area contributed by atoms with Gasteiger partial charge in [-0.3, -0.25) is 4.79 Å². The van der Waals surface area contributed by atoms with E-state index in [1.165, 1.54) is 11.3 Å². The van der Waals surface area contributed by atoms with Crippen LogP contribution in [0, 0.1) is 10.8 Å². The van der Waals surface area contributed by atoms with Crippen molar-refractivity contribution in [2.45, 2.75) is 39.8 Å². The molecule has 0 spiro atoms. The molecule has 2 rings (SSSR count). The number of hydrogen-bond acceptors (Lipinski definition) is 3. The van der Waals surface area contributed by atoms with Crippen LogP contribution in [0.25, 0.3) is 0 Å². The molecule has 0 saturated heterocycles. The largest absolute Gasteiger partial charge is 0.351 e. The molecule has 1 amide bonds. The van der Waals surface area contributed by atoms with Crippen LogP contribution in [0.4, 0.5) is 0 Å². The van der Waals surface area contributed by atoms with E-state index < -0.39 is 6.04 Å². The highest BCUT2D eigenvalue weighted by Crippen LogP contribution is 2.62. The van der Waals surface area contributed by atoms with Gasteiger partial charge in [0.2, 0.25) is 5.91 Å². The van der Waals surface area contributed by atoms with E-state index in [2.05, 4.69) is 33.0 Å². The molecule has 0 bridgehead atoms. The number of amides is 1. The standard InChI is InChI=1S/C13H20N2OS/c1-12(2)11(13(12,3)4)15-10(16)9(14)8-6-5-7-17-8/h5-7,9,11H,14H2,1-4H3,(H,15,16). The first-order valence-corrected chi connectivity index (χ1v) is 6.76. The zero-order chi connectivity index (χ0) is 12.8. The maximum absolute atomic E-state index is 12.0. The van der Waals surface area contributed by atoms with Gasteiger partial charge >= 0.3 is 0 Å². The summed E-state index contributed by atoms with van der Waals surface area (Å²) in [5.74, 6) is -0.0731. The Morgan fingerprint density at radius 1 is 1.41 bits per heavy atom. The van der Waals surface area contributed by atoms with Gasteiger partial charge in [0.25, 0.3) is 0 Å². The fraction of sp³-hybridized carbons (Fsp3) is 0.615. The number of nitrogens with one attached hydrogen (secondary N) is 1. The zero-order valence-electron chi connectivity index (χ0n) is 10.8. The minimum atomic E-state index is -0.540. The fourth-order valence-corrected chi connectivity index (χ4v) is 3.11. The monoisotopic (exact) mass is 252 g/mol. The van der Waals surface area contributed by atoms with E-state index in [0.717, 1.165) is 4.88 Å². The Bertz CT molecular complexity index is 409. The van der Waals surface area contributed by atoms with E-state index in [1.54, 1.807) is 0 Å². The first-order chi connectivity index (χ1) is 7.78. The minimum absolute atomic E-state index is 0.0731. The van der Waals surface area contributed by atoms with Gasteiger partial charge in [-0.1, -0.05) is 33.8 Å². The third kappa shape index (κ3) is 1.89. The van der Waals surface area contributed by atoms with Gasteiger partial charge < -0.3 is 11.1 Å². The molecule has 0 aromatic carbocycles. The maximum atomic E-state index is 12.0. The lowest BCUT2D eigenvalue weighted by molar-refractivity contribution is -0.122.